The van der Waals surface area contributed by atoms with E-state index >= 15 is 0 Å². The van der Waals surface area contributed by atoms with Crippen molar-refractivity contribution in [2.75, 3.05) is 6.61 Å². The predicted octanol–water partition coefficient (Wildman–Crippen LogP) is 3.32. The lowest BCUT2D eigenvalue weighted by Crippen LogP contribution is -2.29. The first kappa shape index (κ1) is 17.2. The number of hydrogen-bond donors (Lipinski definition) is 0. The van der Waals surface area contributed by atoms with Crippen molar-refractivity contribution in [1.29, 1.82) is 0 Å². The molecule has 0 aliphatic carbocycles. The van der Waals surface area contributed by atoms with Gasteiger partial charge in [-0.2, -0.15) is 0 Å². The van der Waals surface area contributed by atoms with E-state index in [0.717, 1.165) is 18.4 Å². The molecule has 0 saturated carbocycles. The number of carbonyl (C=O) groups excluding carboxylic acids is 2. The van der Waals surface area contributed by atoms with Gasteiger partial charge in [-0.1, -0.05) is 25.5 Å². The third kappa shape index (κ3) is 6.43. The number of ketones is 1. The first-order valence-electron chi connectivity index (χ1n) is 7.48. The minimum atomic E-state index is -0.557. The zero-order valence-corrected chi connectivity index (χ0v) is 13.1. The molecule has 0 aliphatic heterocycles. The zero-order chi connectivity index (χ0) is 15.7. The van der Waals surface area contributed by atoms with Crippen LogP contribution in [0.2, 0.25) is 0 Å². The molecule has 0 aliphatic rings. The maximum absolute atomic E-state index is 11.8. The second-order valence-electron chi connectivity index (χ2n) is 4.99. The van der Waals surface area contributed by atoms with Crippen LogP contribution in [0.25, 0.3) is 0 Å². The Labute approximate surface area is 126 Å². The summed E-state index contributed by atoms with van der Waals surface area (Å²) in [5.74, 6) is 0.508. The first-order chi connectivity index (χ1) is 10.1. The molecule has 0 fully saturated rings. The van der Waals surface area contributed by atoms with Crippen LogP contribution in [-0.2, 0) is 20.7 Å². The lowest BCUT2D eigenvalue weighted by atomic mass is 10.1. The zero-order valence-electron chi connectivity index (χ0n) is 13.1. The lowest BCUT2D eigenvalue weighted by Gasteiger charge is -2.17. The Morgan fingerprint density at radius 3 is 2.33 bits per heavy atom. The molecule has 0 amide bonds. The smallest absolute Gasteiger partial charge is 0.347 e. The van der Waals surface area contributed by atoms with Crippen molar-refractivity contribution in [2.24, 2.45) is 0 Å². The standard InChI is InChI=1S/C17H24O4/c1-4-6-16(17(19)20-5-2)21-15-11-9-14(10-12-15)8-7-13(3)18/h9-12,16H,4-8H2,1-3H3. The van der Waals surface area contributed by atoms with E-state index in [9.17, 15) is 9.59 Å². The van der Waals surface area contributed by atoms with Crippen molar-refractivity contribution in [3.8, 4) is 5.75 Å². The number of benzene rings is 1. The van der Waals surface area contributed by atoms with Crippen LogP contribution >= 0.6 is 0 Å². The number of Topliss-reactive ketones (excluding diaryl/α,β-unsaturated/α-hetero) is 1. The summed E-state index contributed by atoms with van der Waals surface area (Å²) < 4.78 is 10.7. The molecule has 4 nitrogen and oxygen atoms in total. The molecule has 1 atom stereocenters. The second kappa shape index (κ2) is 9.16. The molecule has 1 rings (SSSR count). The highest BCUT2D eigenvalue weighted by atomic mass is 16.6. The molecule has 1 unspecified atom stereocenters. The molecular formula is C17H24O4. The first-order valence-corrected chi connectivity index (χ1v) is 7.48. The predicted molar refractivity (Wildman–Crippen MR) is 81.4 cm³/mol. The van der Waals surface area contributed by atoms with E-state index in [0.29, 0.717) is 25.2 Å². The number of hydrogen-bond acceptors (Lipinski definition) is 4. The van der Waals surface area contributed by atoms with E-state index < -0.39 is 6.10 Å². The lowest BCUT2D eigenvalue weighted by molar-refractivity contribution is -0.151. The summed E-state index contributed by atoms with van der Waals surface area (Å²) in [6.45, 7) is 5.73. The maximum atomic E-state index is 11.8. The molecule has 1 aromatic carbocycles. The number of carbonyl (C=O) groups is 2. The fourth-order valence-electron chi connectivity index (χ4n) is 1.94. The van der Waals surface area contributed by atoms with E-state index in [2.05, 4.69) is 0 Å². The number of ether oxygens (including phenoxy) is 2. The van der Waals surface area contributed by atoms with Crippen LogP contribution in [0.5, 0.6) is 5.75 Å². The normalized spacial score (nSPS) is 11.8. The summed E-state index contributed by atoms with van der Waals surface area (Å²) in [5, 5.41) is 0. The van der Waals surface area contributed by atoms with Gasteiger partial charge in [0.25, 0.3) is 0 Å². The quantitative estimate of drug-likeness (QED) is 0.655. The minimum Gasteiger partial charge on any atom is -0.479 e. The molecule has 0 aromatic heterocycles. The van der Waals surface area contributed by atoms with Gasteiger partial charge in [0.15, 0.2) is 6.10 Å². The minimum absolute atomic E-state index is 0.181. The van der Waals surface area contributed by atoms with Gasteiger partial charge in [0, 0.05) is 6.42 Å². The Morgan fingerprint density at radius 2 is 1.81 bits per heavy atom. The Balaban J connectivity index is 2.62. The monoisotopic (exact) mass is 292 g/mol. The van der Waals surface area contributed by atoms with Crippen LogP contribution in [0.1, 0.15) is 45.6 Å². The van der Waals surface area contributed by atoms with Crippen LogP contribution in [-0.4, -0.2) is 24.5 Å². The molecule has 0 saturated heterocycles. The molecule has 116 valence electrons. The summed E-state index contributed by atoms with van der Waals surface area (Å²) in [4.78, 5) is 22.8. The average Bonchev–Trinajstić information content (AvgIpc) is 2.46. The van der Waals surface area contributed by atoms with Crippen molar-refractivity contribution in [1.82, 2.24) is 0 Å². The van der Waals surface area contributed by atoms with Crippen LogP contribution < -0.4 is 4.74 Å². The number of esters is 1. The Bertz CT molecular complexity index is 450. The Kier molecular flexibility index (Phi) is 7.51. The van der Waals surface area contributed by atoms with E-state index in [1.54, 1.807) is 13.8 Å². The van der Waals surface area contributed by atoms with Gasteiger partial charge < -0.3 is 14.3 Å². The highest BCUT2D eigenvalue weighted by Gasteiger charge is 2.20. The highest BCUT2D eigenvalue weighted by molar-refractivity contribution is 5.76. The van der Waals surface area contributed by atoms with Crippen LogP contribution in [0.3, 0.4) is 0 Å². The molecule has 0 heterocycles. The largest absolute Gasteiger partial charge is 0.479 e. The van der Waals surface area contributed by atoms with Gasteiger partial charge >= 0.3 is 5.97 Å². The summed E-state index contributed by atoms with van der Waals surface area (Å²) in [7, 11) is 0. The van der Waals surface area contributed by atoms with E-state index in [1.165, 1.54) is 0 Å². The summed E-state index contributed by atoms with van der Waals surface area (Å²) in [6, 6.07) is 7.51. The molecule has 0 spiro atoms. The fourth-order valence-corrected chi connectivity index (χ4v) is 1.94. The Hall–Kier alpha value is -1.84. The molecule has 0 N–H and O–H groups in total. The summed E-state index contributed by atoms with van der Waals surface area (Å²) >= 11 is 0. The summed E-state index contributed by atoms with van der Waals surface area (Å²) in [5.41, 5.74) is 1.08. The van der Waals surface area contributed by atoms with Gasteiger partial charge in [-0.05, 0) is 44.4 Å². The second-order valence-corrected chi connectivity index (χ2v) is 4.99. The molecular weight excluding hydrogens is 268 g/mol. The van der Waals surface area contributed by atoms with Crippen molar-refractivity contribution in [3.63, 3.8) is 0 Å². The number of aryl methyl sites for hydroxylation is 1. The van der Waals surface area contributed by atoms with Crippen LogP contribution in [0, 0.1) is 0 Å². The van der Waals surface area contributed by atoms with E-state index in [1.807, 2.05) is 31.2 Å². The van der Waals surface area contributed by atoms with Gasteiger partial charge in [-0.25, -0.2) is 4.79 Å². The van der Waals surface area contributed by atoms with Crippen LogP contribution in [0.4, 0.5) is 0 Å². The average molecular weight is 292 g/mol. The maximum Gasteiger partial charge on any atom is 0.347 e. The Morgan fingerprint density at radius 1 is 1.14 bits per heavy atom. The van der Waals surface area contributed by atoms with Gasteiger partial charge in [-0.15, -0.1) is 0 Å². The third-order valence-electron chi connectivity index (χ3n) is 3.07. The summed E-state index contributed by atoms with van der Waals surface area (Å²) in [6.07, 6.45) is 2.19. The highest BCUT2D eigenvalue weighted by Crippen LogP contribution is 2.17. The fraction of sp³-hybridized carbons (Fsp3) is 0.529. The molecule has 0 radical (unpaired) electrons. The molecule has 0 bridgehead atoms. The van der Waals surface area contributed by atoms with Crippen molar-refractivity contribution in [3.05, 3.63) is 29.8 Å². The van der Waals surface area contributed by atoms with Gasteiger partial charge in [0.05, 0.1) is 6.61 Å². The molecule has 4 heteroatoms. The van der Waals surface area contributed by atoms with Gasteiger partial charge in [0.2, 0.25) is 0 Å². The third-order valence-corrected chi connectivity index (χ3v) is 3.07. The SMILES string of the molecule is CCCC(Oc1ccc(CCC(C)=O)cc1)C(=O)OCC. The van der Waals surface area contributed by atoms with Crippen molar-refractivity contribution >= 4 is 11.8 Å². The van der Waals surface area contributed by atoms with Gasteiger partial charge in [-0.3, -0.25) is 0 Å². The van der Waals surface area contributed by atoms with Crippen molar-refractivity contribution in [2.45, 2.75) is 52.6 Å². The van der Waals surface area contributed by atoms with E-state index in [-0.39, 0.29) is 11.8 Å². The van der Waals surface area contributed by atoms with Crippen molar-refractivity contribution < 1.29 is 19.1 Å². The van der Waals surface area contributed by atoms with Gasteiger partial charge in [0.1, 0.15) is 11.5 Å². The topological polar surface area (TPSA) is 52.6 Å². The number of rotatable bonds is 9. The molecule has 1 aromatic rings. The van der Waals surface area contributed by atoms with E-state index in [4.69, 9.17) is 9.47 Å². The molecule has 21 heavy (non-hydrogen) atoms. The van der Waals surface area contributed by atoms with Crippen LogP contribution in [0.15, 0.2) is 24.3 Å².